The quantitative estimate of drug-likeness (QED) is 0.763. The van der Waals surface area contributed by atoms with Gasteiger partial charge in [0.1, 0.15) is 5.82 Å². The second-order valence-electron chi connectivity index (χ2n) is 2.36. The van der Waals surface area contributed by atoms with Gasteiger partial charge in [-0.1, -0.05) is 22.0 Å². The fourth-order valence-corrected chi connectivity index (χ4v) is 1.49. The molecule has 0 bridgehead atoms. The maximum Gasteiger partial charge on any atom is 0.127 e. The molecule has 0 aromatic heterocycles. The van der Waals surface area contributed by atoms with Gasteiger partial charge in [-0.3, -0.25) is 0 Å². The summed E-state index contributed by atoms with van der Waals surface area (Å²) in [5, 5.41) is 8.32. The van der Waals surface area contributed by atoms with E-state index in [2.05, 4.69) is 15.9 Å². The number of benzene rings is 1. The Bertz CT molecular complexity index is 297. The third kappa shape index (κ3) is 2.05. The first-order valence-electron chi connectivity index (χ1n) is 3.55. The van der Waals surface area contributed by atoms with Crippen LogP contribution in [0.3, 0.4) is 0 Å². The Morgan fingerprint density at radius 1 is 1.50 bits per heavy atom. The summed E-state index contributed by atoms with van der Waals surface area (Å²) in [6.07, 6.45) is 0.809. The molecule has 3 heteroatoms. The van der Waals surface area contributed by atoms with Crippen molar-refractivity contribution in [1.82, 2.24) is 0 Å². The van der Waals surface area contributed by atoms with Crippen molar-refractivity contribution >= 4 is 15.9 Å². The van der Waals surface area contributed by atoms with E-state index in [0.29, 0.717) is 18.4 Å². The minimum absolute atomic E-state index is 0.250. The minimum Gasteiger partial charge on any atom is -0.207 e. The van der Waals surface area contributed by atoms with Crippen LogP contribution in [0.4, 0.5) is 4.39 Å². The summed E-state index contributed by atoms with van der Waals surface area (Å²) < 4.78 is 13.8. The number of rotatable bonds is 2. The van der Waals surface area contributed by atoms with Crippen molar-refractivity contribution in [3.8, 4) is 6.07 Å². The van der Waals surface area contributed by atoms with Gasteiger partial charge in [-0.25, -0.2) is 4.39 Å². The van der Waals surface area contributed by atoms with Gasteiger partial charge in [-0.2, -0.15) is 5.26 Å². The first kappa shape index (κ1) is 9.21. The SMILES string of the molecule is N#CCCc1c(F)cccc1Br. The highest BCUT2D eigenvalue weighted by Gasteiger charge is 2.04. The lowest BCUT2D eigenvalue weighted by Gasteiger charge is -2.01. The second-order valence-corrected chi connectivity index (χ2v) is 3.21. The fourth-order valence-electron chi connectivity index (χ4n) is 0.952. The first-order chi connectivity index (χ1) is 5.75. The van der Waals surface area contributed by atoms with Crippen LogP contribution in [-0.4, -0.2) is 0 Å². The molecule has 0 aliphatic rings. The number of halogens is 2. The highest BCUT2D eigenvalue weighted by atomic mass is 79.9. The van der Waals surface area contributed by atoms with E-state index in [9.17, 15) is 4.39 Å². The maximum absolute atomic E-state index is 13.0. The van der Waals surface area contributed by atoms with Crippen molar-refractivity contribution in [3.63, 3.8) is 0 Å². The second kappa shape index (κ2) is 4.22. The molecule has 0 unspecified atom stereocenters. The van der Waals surface area contributed by atoms with Gasteiger partial charge in [0.15, 0.2) is 0 Å². The molecule has 0 saturated carbocycles. The number of nitriles is 1. The molecule has 12 heavy (non-hydrogen) atoms. The van der Waals surface area contributed by atoms with Crippen LogP contribution in [0.25, 0.3) is 0 Å². The fraction of sp³-hybridized carbons (Fsp3) is 0.222. The van der Waals surface area contributed by atoms with Gasteiger partial charge >= 0.3 is 0 Å². The van der Waals surface area contributed by atoms with E-state index in [1.54, 1.807) is 12.1 Å². The Morgan fingerprint density at radius 3 is 2.83 bits per heavy atom. The van der Waals surface area contributed by atoms with Crippen molar-refractivity contribution in [1.29, 1.82) is 5.26 Å². The summed E-state index contributed by atoms with van der Waals surface area (Å²) in [5.74, 6) is -0.250. The highest BCUT2D eigenvalue weighted by Crippen LogP contribution is 2.20. The van der Waals surface area contributed by atoms with E-state index in [4.69, 9.17) is 5.26 Å². The highest BCUT2D eigenvalue weighted by molar-refractivity contribution is 9.10. The van der Waals surface area contributed by atoms with Crippen LogP contribution in [-0.2, 0) is 6.42 Å². The normalized spacial score (nSPS) is 9.42. The van der Waals surface area contributed by atoms with E-state index in [1.165, 1.54) is 6.07 Å². The van der Waals surface area contributed by atoms with Crippen molar-refractivity contribution in [2.75, 3.05) is 0 Å². The molecule has 0 aliphatic carbocycles. The molecule has 1 nitrogen and oxygen atoms in total. The Labute approximate surface area is 79.0 Å². The zero-order chi connectivity index (χ0) is 8.97. The molecule has 0 atom stereocenters. The van der Waals surface area contributed by atoms with Crippen molar-refractivity contribution in [2.24, 2.45) is 0 Å². The van der Waals surface area contributed by atoms with Gasteiger partial charge in [0.2, 0.25) is 0 Å². The van der Waals surface area contributed by atoms with Gasteiger partial charge in [-0.15, -0.1) is 0 Å². The third-order valence-electron chi connectivity index (χ3n) is 1.55. The molecule has 1 aromatic rings. The summed E-state index contributed by atoms with van der Waals surface area (Å²) in [6.45, 7) is 0. The molecule has 0 heterocycles. The summed E-state index contributed by atoms with van der Waals surface area (Å²) in [7, 11) is 0. The Kier molecular flexibility index (Phi) is 3.24. The number of nitrogens with zero attached hydrogens (tertiary/aromatic N) is 1. The molecular weight excluding hydrogens is 221 g/mol. The molecule has 0 N–H and O–H groups in total. The van der Waals surface area contributed by atoms with Gasteiger partial charge < -0.3 is 0 Å². The van der Waals surface area contributed by atoms with Crippen LogP contribution in [0.5, 0.6) is 0 Å². The average Bonchev–Trinajstić information content (AvgIpc) is 2.04. The third-order valence-corrected chi connectivity index (χ3v) is 2.29. The van der Waals surface area contributed by atoms with Crippen LogP contribution in [0.2, 0.25) is 0 Å². The molecule has 62 valence electrons. The first-order valence-corrected chi connectivity index (χ1v) is 4.35. The molecule has 0 aliphatic heterocycles. The lowest BCUT2D eigenvalue weighted by molar-refractivity contribution is 0.608. The van der Waals surface area contributed by atoms with E-state index in [1.807, 2.05) is 6.07 Å². The van der Waals surface area contributed by atoms with E-state index in [0.717, 1.165) is 4.47 Å². The number of hydrogen-bond donors (Lipinski definition) is 0. The molecule has 0 amide bonds. The minimum atomic E-state index is -0.250. The van der Waals surface area contributed by atoms with Crippen LogP contribution >= 0.6 is 15.9 Å². The predicted molar refractivity (Wildman–Crippen MR) is 48.0 cm³/mol. The van der Waals surface area contributed by atoms with Gasteiger partial charge in [0.05, 0.1) is 6.07 Å². The Hall–Kier alpha value is -0.880. The summed E-state index contributed by atoms with van der Waals surface area (Å²) in [4.78, 5) is 0. The molecule has 1 rings (SSSR count). The monoisotopic (exact) mass is 227 g/mol. The summed E-state index contributed by atoms with van der Waals surface area (Å²) in [6, 6.07) is 6.79. The smallest absolute Gasteiger partial charge is 0.127 e. The standard InChI is InChI=1S/C9H7BrFN/c10-8-4-1-5-9(11)7(8)3-2-6-12/h1,4-5H,2-3H2. The topological polar surface area (TPSA) is 23.8 Å². The van der Waals surface area contributed by atoms with E-state index in [-0.39, 0.29) is 5.82 Å². The van der Waals surface area contributed by atoms with Gasteiger partial charge in [-0.05, 0) is 18.6 Å². The molecular formula is C9H7BrFN. The predicted octanol–water partition coefficient (Wildman–Crippen LogP) is 3.04. The Balaban J connectivity index is 2.90. The lowest BCUT2D eigenvalue weighted by Crippen LogP contribution is -1.90. The lowest BCUT2D eigenvalue weighted by atomic mass is 10.1. The van der Waals surface area contributed by atoms with Crippen molar-refractivity contribution in [2.45, 2.75) is 12.8 Å². The van der Waals surface area contributed by atoms with Crippen molar-refractivity contribution in [3.05, 3.63) is 34.1 Å². The summed E-state index contributed by atoms with van der Waals surface area (Å²) in [5.41, 5.74) is 0.582. The van der Waals surface area contributed by atoms with E-state index >= 15 is 0 Å². The zero-order valence-electron chi connectivity index (χ0n) is 6.35. The molecule has 0 spiro atoms. The molecule has 0 fully saturated rings. The zero-order valence-corrected chi connectivity index (χ0v) is 7.94. The average molecular weight is 228 g/mol. The van der Waals surface area contributed by atoms with Crippen molar-refractivity contribution < 1.29 is 4.39 Å². The summed E-state index contributed by atoms with van der Waals surface area (Å²) >= 11 is 3.23. The largest absolute Gasteiger partial charge is 0.207 e. The molecule has 1 aromatic carbocycles. The van der Waals surface area contributed by atoms with Gasteiger partial charge in [0, 0.05) is 16.5 Å². The maximum atomic E-state index is 13.0. The Morgan fingerprint density at radius 2 is 2.25 bits per heavy atom. The van der Waals surface area contributed by atoms with Crippen LogP contribution in [0.1, 0.15) is 12.0 Å². The van der Waals surface area contributed by atoms with Gasteiger partial charge in [0.25, 0.3) is 0 Å². The van der Waals surface area contributed by atoms with E-state index < -0.39 is 0 Å². The van der Waals surface area contributed by atoms with Crippen LogP contribution in [0.15, 0.2) is 22.7 Å². The van der Waals surface area contributed by atoms with Crippen LogP contribution < -0.4 is 0 Å². The number of hydrogen-bond acceptors (Lipinski definition) is 1. The van der Waals surface area contributed by atoms with Crippen LogP contribution in [0, 0.1) is 17.1 Å². The molecule has 0 radical (unpaired) electrons. The molecule has 0 saturated heterocycles.